The van der Waals surface area contributed by atoms with Gasteiger partial charge in [-0.05, 0) is 82.4 Å². The lowest BCUT2D eigenvalue weighted by molar-refractivity contribution is 0.765. The predicted molar refractivity (Wildman–Crippen MR) is 204 cm³/mol. The van der Waals surface area contributed by atoms with Gasteiger partial charge in [0.05, 0.1) is 0 Å². The predicted octanol–water partition coefficient (Wildman–Crippen LogP) is 12.5. The summed E-state index contributed by atoms with van der Waals surface area (Å²) in [5, 5.41) is 2.50. The van der Waals surface area contributed by atoms with Crippen molar-refractivity contribution in [1.82, 2.24) is 0 Å². The fourth-order valence-electron chi connectivity index (χ4n) is 7.06. The Morgan fingerprint density at radius 2 is 1.10 bits per heavy atom. The molecular weight excluding hydrogens is 581 g/mol. The quantitative estimate of drug-likeness (QED) is 0.167. The minimum Gasteiger partial charge on any atom is -0.336 e. The largest absolute Gasteiger partial charge is 0.336 e. The fraction of sp³-hybridized carbons (Fsp3) is 0.0870. The third kappa shape index (κ3) is 5.78. The number of nitrogens with zero attached hydrogens (tertiary/aromatic N) is 2. The van der Waals surface area contributed by atoms with E-state index < -0.39 is 0 Å². The molecule has 7 aromatic carbocycles. The lowest BCUT2D eigenvalue weighted by Crippen LogP contribution is -2.19. The Morgan fingerprint density at radius 1 is 0.521 bits per heavy atom. The van der Waals surface area contributed by atoms with Gasteiger partial charge in [0.15, 0.2) is 0 Å². The van der Waals surface area contributed by atoms with Gasteiger partial charge < -0.3 is 9.80 Å². The van der Waals surface area contributed by atoms with Crippen LogP contribution in [0.25, 0.3) is 27.6 Å². The molecule has 2 nitrogen and oxygen atoms in total. The zero-order chi connectivity index (χ0) is 32.3. The van der Waals surface area contributed by atoms with Crippen LogP contribution in [0.2, 0.25) is 0 Å². The first kappa shape index (κ1) is 29.5. The second kappa shape index (κ2) is 13.1. The standard InChI is InChI=1S/C46H38N2/c1-34-23-32-46(44-21-11-10-19-42(34)44)48(40-17-6-3-7-18-40)41-30-26-37(27-31-41)36-24-28-39(29-25-36)47(33-35-13-4-2-5-14-35)45-22-12-16-38-15-8-9-20-43(38)45/h2-22,24-32,34H,23,33H2,1H3. The molecule has 0 bridgehead atoms. The minimum absolute atomic E-state index is 0.511. The highest BCUT2D eigenvalue weighted by Gasteiger charge is 2.24. The maximum Gasteiger partial charge on any atom is 0.0497 e. The monoisotopic (exact) mass is 618 g/mol. The summed E-state index contributed by atoms with van der Waals surface area (Å²) in [5.41, 5.74) is 12.3. The summed E-state index contributed by atoms with van der Waals surface area (Å²) in [6.45, 7) is 3.11. The molecule has 0 aromatic heterocycles. The molecule has 1 aliphatic carbocycles. The third-order valence-electron chi connectivity index (χ3n) is 9.57. The van der Waals surface area contributed by atoms with E-state index in [2.05, 4.69) is 199 Å². The number of benzene rings is 7. The van der Waals surface area contributed by atoms with E-state index in [-0.39, 0.29) is 0 Å². The Balaban J connectivity index is 1.13. The summed E-state index contributed by atoms with van der Waals surface area (Å²) in [7, 11) is 0. The molecule has 0 radical (unpaired) electrons. The summed E-state index contributed by atoms with van der Waals surface area (Å²) in [4.78, 5) is 4.84. The highest BCUT2D eigenvalue weighted by Crippen LogP contribution is 2.42. The van der Waals surface area contributed by atoms with Gasteiger partial charge >= 0.3 is 0 Å². The molecule has 48 heavy (non-hydrogen) atoms. The number of fused-ring (bicyclic) bond motifs is 2. The SMILES string of the molecule is CC1CC=C(N(c2ccccc2)c2ccc(-c3ccc(N(Cc4ccccc4)c4cccc5ccccc45)cc3)cc2)c2ccccc21. The van der Waals surface area contributed by atoms with Crippen LogP contribution in [0.1, 0.15) is 36.0 Å². The molecule has 0 amide bonds. The molecule has 0 saturated heterocycles. The van der Waals surface area contributed by atoms with Crippen molar-refractivity contribution >= 4 is 39.2 Å². The molecule has 0 fully saturated rings. The molecule has 1 atom stereocenters. The summed E-state index contributed by atoms with van der Waals surface area (Å²) < 4.78 is 0. The number of rotatable bonds is 8. The topological polar surface area (TPSA) is 6.48 Å². The van der Waals surface area contributed by atoms with E-state index in [1.165, 1.54) is 55.7 Å². The molecule has 0 spiro atoms. The molecule has 0 aliphatic heterocycles. The van der Waals surface area contributed by atoms with E-state index in [4.69, 9.17) is 0 Å². The average molecular weight is 619 g/mol. The molecule has 2 heteroatoms. The van der Waals surface area contributed by atoms with E-state index in [0.29, 0.717) is 5.92 Å². The van der Waals surface area contributed by atoms with Crippen LogP contribution in [0.15, 0.2) is 182 Å². The highest BCUT2D eigenvalue weighted by molar-refractivity contribution is 5.96. The lowest BCUT2D eigenvalue weighted by Gasteiger charge is -2.33. The molecule has 0 saturated carbocycles. The van der Waals surface area contributed by atoms with Crippen LogP contribution in [0.5, 0.6) is 0 Å². The Kier molecular flexibility index (Phi) is 8.06. The molecule has 1 unspecified atom stereocenters. The van der Waals surface area contributed by atoms with E-state index in [1.54, 1.807) is 0 Å². The third-order valence-corrected chi connectivity index (χ3v) is 9.57. The number of allylic oxidation sites excluding steroid dienone is 1. The molecule has 1 aliphatic rings. The number of hydrogen-bond donors (Lipinski definition) is 0. The molecule has 7 aromatic rings. The van der Waals surface area contributed by atoms with Crippen LogP contribution in [0, 0.1) is 0 Å². The van der Waals surface area contributed by atoms with Gasteiger partial charge in [-0.2, -0.15) is 0 Å². The maximum absolute atomic E-state index is 2.43. The van der Waals surface area contributed by atoms with Crippen molar-refractivity contribution in [3.8, 4) is 11.1 Å². The van der Waals surface area contributed by atoms with Gasteiger partial charge in [-0.15, -0.1) is 0 Å². The van der Waals surface area contributed by atoms with Crippen molar-refractivity contribution < 1.29 is 0 Å². The van der Waals surface area contributed by atoms with Crippen molar-refractivity contribution in [2.45, 2.75) is 25.8 Å². The summed E-state index contributed by atoms with van der Waals surface area (Å²) in [6.07, 6.45) is 3.43. The summed E-state index contributed by atoms with van der Waals surface area (Å²) >= 11 is 0. The van der Waals surface area contributed by atoms with Gasteiger partial charge in [0, 0.05) is 45.9 Å². The van der Waals surface area contributed by atoms with Crippen molar-refractivity contribution in [3.63, 3.8) is 0 Å². The first-order valence-corrected chi connectivity index (χ1v) is 16.9. The van der Waals surface area contributed by atoms with Gasteiger partial charge in [0.1, 0.15) is 0 Å². The van der Waals surface area contributed by atoms with E-state index >= 15 is 0 Å². The Hall–Kier alpha value is -5.86. The van der Waals surface area contributed by atoms with Crippen LogP contribution < -0.4 is 9.80 Å². The Morgan fingerprint density at radius 3 is 1.85 bits per heavy atom. The molecule has 8 rings (SSSR count). The second-order valence-electron chi connectivity index (χ2n) is 12.6. The average Bonchev–Trinajstić information content (AvgIpc) is 3.16. The Labute approximate surface area is 283 Å². The van der Waals surface area contributed by atoms with Gasteiger partial charge in [0.2, 0.25) is 0 Å². The van der Waals surface area contributed by atoms with Crippen LogP contribution in [-0.4, -0.2) is 0 Å². The van der Waals surface area contributed by atoms with Crippen LogP contribution in [0.3, 0.4) is 0 Å². The first-order valence-electron chi connectivity index (χ1n) is 16.9. The number of para-hydroxylation sites is 1. The Bertz CT molecular complexity index is 2180. The minimum atomic E-state index is 0.511. The number of hydrogen-bond acceptors (Lipinski definition) is 2. The molecule has 0 heterocycles. The van der Waals surface area contributed by atoms with Crippen LogP contribution in [-0.2, 0) is 6.54 Å². The van der Waals surface area contributed by atoms with Crippen molar-refractivity contribution in [2.75, 3.05) is 9.80 Å². The molecule has 232 valence electrons. The van der Waals surface area contributed by atoms with Gasteiger partial charge in [0.25, 0.3) is 0 Å². The van der Waals surface area contributed by atoms with Crippen molar-refractivity contribution in [1.29, 1.82) is 0 Å². The van der Waals surface area contributed by atoms with Gasteiger partial charge in [-0.3, -0.25) is 0 Å². The fourth-order valence-corrected chi connectivity index (χ4v) is 7.06. The van der Waals surface area contributed by atoms with E-state index in [0.717, 1.165) is 24.3 Å². The maximum atomic E-state index is 2.43. The van der Waals surface area contributed by atoms with Crippen LogP contribution >= 0.6 is 0 Å². The van der Waals surface area contributed by atoms with E-state index in [1.807, 2.05) is 0 Å². The summed E-state index contributed by atoms with van der Waals surface area (Å²) in [6, 6.07) is 63.6. The highest BCUT2D eigenvalue weighted by atomic mass is 15.2. The van der Waals surface area contributed by atoms with Gasteiger partial charge in [-0.1, -0.05) is 146 Å². The van der Waals surface area contributed by atoms with Gasteiger partial charge in [-0.25, -0.2) is 0 Å². The van der Waals surface area contributed by atoms with Crippen molar-refractivity contribution in [3.05, 3.63) is 199 Å². The second-order valence-corrected chi connectivity index (χ2v) is 12.6. The number of anilines is 4. The molecule has 0 N–H and O–H groups in total. The first-order chi connectivity index (χ1) is 23.7. The van der Waals surface area contributed by atoms with E-state index in [9.17, 15) is 0 Å². The van der Waals surface area contributed by atoms with Crippen molar-refractivity contribution in [2.24, 2.45) is 0 Å². The molecular formula is C46H38N2. The zero-order valence-electron chi connectivity index (χ0n) is 27.2. The smallest absolute Gasteiger partial charge is 0.0497 e. The summed E-state index contributed by atoms with van der Waals surface area (Å²) in [5.74, 6) is 0.511. The lowest BCUT2D eigenvalue weighted by atomic mass is 9.86. The zero-order valence-corrected chi connectivity index (χ0v) is 27.2. The van der Waals surface area contributed by atoms with Crippen LogP contribution in [0.4, 0.5) is 22.7 Å². The normalized spacial score (nSPS) is 13.9.